The summed E-state index contributed by atoms with van der Waals surface area (Å²) in [5.41, 5.74) is 3.09. The molecule has 6 heteroatoms. The molecule has 49 heavy (non-hydrogen) atoms. The first-order valence-corrected chi connectivity index (χ1v) is 19.4. The molecule has 9 atom stereocenters. The molecule has 0 spiro atoms. The van der Waals surface area contributed by atoms with Gasteiger partial charge in [-0.15, -0.1) is 0 Å². The molecule has 6 nitrogen and oxygen atoms in total. The Labute approximate surface area is 294 Å². The van der Waals surface area contributed by atoms with Gasteiger partial charge in [-0.2, -0.15) is 0 Å². The molecule has 0 aromatic heterocycles. The SMILES string of the molecule is CC1(C)C(O)CCC2(C)C1CCC1(C)C2CCC2C3CCCC3(C(=O)NCCc3cccc(C(=O)NCc4ccc(O)cc4)c3)CC[C@]21C. The van der Waals surface area contributed by atoms with E-state index < -0.39 is 0 Å². The molecule has 2 amide bonds. The third-order valence-electron chi connectivity index (χ3n) is 16.1. The van der Waals surface area contributed by atoms with Crippen LogP contribution in [0.15, 0.2) is 48.5 Å². The highest BCUT2D eigenvalue weighted by molar-refractivity contribution is 5.94. The van der Waals surface area contributed by atoms with Crippen LogP contribution in [0, 0.1) is 50.7 Å². The van der Waals surface area contributed by atoms with Gasteiger partial charge >= 0.3 is 0 Å². The Morgan fingerprint density at radius 2 is 1.53 bits per heavy atom. The number of nitrogens with one attached hydrogen (secondary N) is 2. The van der Waals surface area contributed by atoms with Crippen molar-refractivity contribution in [3.8, 4) is 5.75 Å². The highest BCUT2D eigenvalue weighted by Crippen LogP contribution is 2.76. The molecule has 266 valence electrons. The summed E-state index contributed by atoms with van der Waals surface area (Å²) < 4.78 is 0. The number of phenols is 1. The summed E-state index contributed by atoms with van der Waals surface area (Å²) >= 11 is 0. The van der Waals surface area contributed by atoms with Crippen LogP contribution in [0.25, 0.3) is 0 Å². The first-order valence-electron chi connectivity index (χ1n) is 19.4. The van der Waals surface area contributed by atoms with Gasteiger partial charge in [0, 0.05) is 18.7 Å². The molecule has 5 aliphatic rings. The zero-order valence-electron chi connectivity index (χ0n) is 30.6. The van der Waals surface area contributed by atoms with Crippen molar-refractivity contribution in [3.63, 3.8) is 0 Å². The third-order valence-corrected chi connectivity index (χ3v) is 16.1. The molecule has 7 rings (SSSR count). The number of amides is 2. The van der Waals surface area contributed by atoms with Gasteiger partial charge in [-0.3, -0.25) is 9.59 Å². The summed E-state index contributed by atoms with van der Waals surface area (Å²) in [5.74, 6) is 2.65. The van der Waals surface area contributed by atoms with Gasteiger partial charge in [0.1, 0.15) is 5.75 Å². The number of hydrogen-bond donors (Lipinski definition) is 4. The molecular formula is C43H60N2O4. The van der Waals surface area contributed by atoms with Crippen LogP contribution < -0.4 is 10.6 Å². The highest BCUT2D eigenvalue weighted by atomic mass is 16.3. The number of aliphatic hydroxyl groups excluding tert-OH is 1. The molecule has 5 aliphatic carbocycles. The zero-order chi connectivity index (χ0) is 34.8. The Balaban J connectivity index is 1.00. The summed E-state index contributed by atoms with van der Waals surface area (Å²) in [4.78, 5) is 27.2. The second kappa shape index (κ2) is 12.4. The zero-order valence-corrected chi connectivity index (χ0v) is 30.6. The highest BCUT2D eigenvalue weighted by Gasteiger charge is 2.70. The van der Waals surface area contributed by atoms with Crippen molar-refractivity contribution in [3.05, 3.63) is 65.2 Å². The van der Waals surface area contributed by atoms with Crippen molar-refractivity contribution in [1.82, 2.24) is 10.6 Å². The topological polar surface area (TPSA) is 98.7 Å². The van der Waals surface area contributed by atoms with Crippen LogP contribution in [-0.4, -0.2) is 34.7 Å². The van der Waals surface area contributed by atoms with Gasteiger partial charge in [-0.1, -0.05) is 65.3 Å². The van der Waals surface area contributed by atoms with E-state index in [2.05, 4.69) is 45.3 Å². The maximum Gasteiger partial charge on any atom is 0.251 e. The normalized spacial score (nSPS) is 39.1. The number of aliphatic hydroxyl groups is 1. The maximum absolute atomic E-state index is 14.3. The number of hydrogen-bond acceptors (Lipinski definition) is 4. The first kappa shape index (κ1) is 34.6. The van der Waals surface area contributed by atoms with Gasteiger partial charge in [-0.25, -0.2) is 0 Å². The van der Waals surface area contributed by atoms with E-state index in [0.29, 0.717) is 48.7 Å². The summed E-state index contributed by atoms with van der Waals surface area (Å²) in [7, 11) is 0. The minimum absolute atomic E-state index is 0.0280. The van der Waals surface area contributed by atoms with Crippen LogP contribution in [0.5, 0.6) is 5.75 Å². The van der Waals surface area contributed by atoms with Gasteiger partial charge in [0.25, 0.3) is 5.91 Å². The molecule has 4 N–H and O–H groups in total. The van der Waals surface area contributed by atoms with E-state index in [1.165, 1.54) is 32.1 Å². The average Bonchev–Trinajstić information content (AvgIpc) is 3.52. The van der Waals surface area contributed by atoms with Gasteiger partial charge < -0.3 is 20.8 Å². The van der Waals surface area contributed by atoms with Crippen LogP contribution >= 0.6 is 0 Å². The van der Waals surface area contributed by atoms with Gasteiger partial charge in [0.15, 0.2) is 0 Å². The fourth-order valence-electron chi connectivity index (χ4n) is 13.2. The largest absolute Gasteiger partial charge is 0.508 e. The molecule has 0 saturated heterocycles. The lowest BCUT2D eigenvalue weighted by atomic mass is 9.32. The van der Waals surface area contributed by atoms with Crippen molar-refractivity contribution in [1.29, 1.82) is 0 Å². The summed E-state index contributed by atoms with van der Waals surface area (Å²) in [6.45, 7) is 13.5. The molecular weight excluding hydrogens is 608 g/mol. The van der Waals surface area contributed by atoms with Crippen molar-refractivity contribution >= 4 is 11.8 Å². The van der Waals surface area contributed by atoms with E-state index >= 15 is 0 Å². The lowest BCUT2D eigenvalue weighted by molar-refractivity contribution is -0.244. The number of benzene rings is 2. The van der Waals surface area contributed by atoms with Crippen LogP contribution in [0.2, 0.25) is 0 Å². The lowest BCUT2D eigenvalue weighted by Gasteiger charge is -2.72. The van der Waals surface area contributed by atoms with Gasteiger partial charge in [0.2, 0.25) is 5.91 Å². The quantitative estimate of drug-likeness (QED) is 0.239. The second-order valence-corrected chi connectivity index (χ2v) is 18.3. The van der Waals surface area contributed by atoms with Gasteiger partial charge in [-0.05, 0) is 151 Å². The summed E-state index contributed by atoms with van der Waals surface area (Å²) in [6.07, 6.45) is 13.0. The van der Waals surface area contributed by atoms with Crippen LogP contribution in [0.3, 0.4) is 0 Å². The number of carbonyl (C=O) groups excluding carboxylic acids is 2. The van der Waals surface area contributed by atoms with Crippen LogP contribution in [-0.2, 0) is 17.8 Å². The smallest absolute Gasteiger partial charge is 0.251 e. The molecule has 2 aromatic rings. The van der Waals surface area contributed by atoms with E-state index in [1.54, 1.807) is 24.3 Å². The van der Waals surface area contributed by atoms with Crippen molar-refractivity contribution in [2.45, 2.75) is 124 Å². The van der Waals surface area contributed by atoms with Crippen LogP contribution in [0.4, 0.5) is 0 Å². The third kappa shape index (κ3) is 5.45. The lowest BCUT2D eigenvalue weighted by Crippen LogP contribution is -2.67. The fourth-order valence-corrected chi connectivity index (χ4v) is 13.2. The summed E-state index contributed by atoms with van der Waals surface area (Å²) in [6, 6.07) is 14.6. The predicted octanol–water partition coefficient (Wildman–Crippen LogP) is 8.20. The molecule has 5 saturated carbocycles. The van der Waals surface area contributed by atoms with Gasteiger partial charge in [0.05, 0.1) is 11.5 Å². The molecule has 8 unspecified atom stereocenters. The average molecular weight is 669 g/mol. The molecule has 0 bridgehead atoms. The van der Waals surface area contributed by atoms with E-state index in [9.17, 15) is 19.8 Å². The number of rotatable bonds is 7. The number of aromatic hydroxyl groups is 1. The van der Waals surface area contributed by atoms with E-state index in [4.69, 9.17) is 0 Å². The number of phenolic OH excluding ortho intramolecular Hbond substituents is 1. The van der Waals surface area contributed by atoms with Crippen molar-refractivity contribution in [2.75, 3.05) is 6.54 Å². The molecule has 5 fully saturated rings. The molecule has 0 heterocycles. The Hall–Kier alpha value is -2.86. The maximum atomic E-state index is 14.3. The van der Waals surface area contributed by atoms with Crippen molar-refractivity contribution < 1.29 is 19.8 Å². The van der Waals surface area contributed by atoms with Crippen LogP contribution in [0.1, 0.15) is 127 Å². The van der Waals surface area contributed by atoms with E-state index in [0.717, 1.165) is 49.7 Å². The minimum Gasteiger partial charge on any atom is -0.508 e. The minimum atomic E-state index is -0.249. The number of fused-ring (bicyclic) bond motifs is 7. The van der Waals surface area contributed by atoms with Crippen molar-refractivity contribution in [2.24, 2.45) is 50.7 Å². The Bertz CT molecular complexity index is 1570. The number of carbonyl (C=O) groups is 2. The fraction of sp³-hybridized carbons (Fsp3) is 0.674. The Morgan fingerprint density at radius 1 is 0.755 bits per heavy atom. The van der Waals surface area contributed by atoms with E-state index in [1.807, 2.05) is 24.3 Å². The Kier molecular flexibility index (Phi) is 8.77. The summed E-state index contributed by atoms with van der Waals surface area (Å²) in [5, 5.41) is 26.9. The first-order chi connectivity index (χ1) is 23.2. The molecule has 2 aromatic carbocycles. The standard InChI is InChI=1S/C43H60N2O4/c1-39(2)34-17-22-42(5)35(40(34,3)21-18-36(39)47)16-15-32-33-10-7-20-43(33,24-23-41(32,42)4)38(49)44-25-19-28-8-6-9-30(26-28)37(48)45-27-29-11-13-31(46)14-12-29/h6,8-9,11-14,26,32-36,46-47H,7,10,15-25,27H2,1-5H3,(H,44,49)(H,45,48)/t32?,33?,34?,35?,36?,40?,41-,42?,43?/m1/s1. The molecule has 0 radical (unpaired) electrons. The second-order valence-electron chi connectivity index (χ2n) is 18.3. The predicted molar refractivity (Wildman–Crippen MR) is 194 cm³/mol. The molecule has 0 aliphatic heterocycles. The Morgan fingerprint density at radius 3 is 2.31 bits per heavy atom. The monoisotopic (exact) mass is 668 g/mol. The van der Waals surface area contributed by atoms with E-state index in [-0.39, 0.29) is 50.7 Å².